The first-order valence-corrected chi connectivity index (χ1v) is 8.16. The lowest BCUT2D eigenvalue weighted by Gasteiger charge is -2.36. The smallest absolute Gasteiger partial charge is 0.308 e. The van der Waals surface area contributed by atoms with Gasteiger partial charge in [0.05, 0.1) is 5.92 Å². The molecule has 0 bridgehead atoms. The summed E-state index contributed by atoms with van der Waals surface area (Å²) in [6.45, 7) is 3.71. The summed E-state index contributed by atoms with van der Waals surface area (Å²) in [5.74, 6) is -0.924. The van der Waals surface area contributed by atoms with E-state index in [0.29, 0.717) is 19.8 Å². The van der Waals surface area contributed by atoms with Crippen molar-refractivity contribution in [3.8, 4) is 0 Å². The van der Waals surface area contributed by atoms with Gasteiger partial charge in [0.25, 0.3) is 0 Å². The van der Waals surface area contributed by atoms with E-state index in [2.05, 4.69) is 33.0 Å². The number of carboxylic acids is 1. The van der Waals surface area contributed by atoms with Gasteiger partial charge in [-0.2, -0.15) is 0 Å². The standard InChI is InChI=1S/C16H20BrNO3/c17-13-3-1-12(2-4-13)9-18-10-14(15(19)20)16(11-18)5-7-21-8-6-16/h1-4,14H,5-11H2,(H,19,20)/t14-/m0/s1. The van der Waals surface area contributed by atoms with Crippen molar-refractivity contribution in [3.63, 3.8) is 0 Å². The highest BCUT2D eigenvalue weighted by Gasteiger charge is 2.50. The molecule has 2 saturated heterocycles. The zero-order valence-electron chi connectivity index (χ0n) is 11.9. The first-order chi connectivity index (χ1) is 10.1. The quantitative estimate of drug-likeness (QED) is 0.907. The average molecular weight is 354 g/mol. The maximum atomic E-state index is 11.6. The molecule has 4 nitrogen and oxygen atoms in total. The molecule has 2 heterocycles. The number of hydrogen-bond acceptors (Lipinski definition) is 3. The van der Waals surface area contributed by atoms with Crippen LogP contribution in [0, 0.1) is 11.3 Å². The number of carboxylic acid groups (broad SMARTS) is 1. The fraction of sp³-hybridized carbons (Fsp3) is 0.562. The minimum atomic E-state index is -0.657. The molecule has 2 fully saturated rings. The minimum Gasteiger partial charge on any atom is -0.481 e. The normalized spacial score (nSPS) is 25.3. The van der Waals surface area contributed by atoms with Gasteiger partial charge in [-0.15, -0.1) is 0 Å². The molecule has 0 aromatic heterocycles. The van der Waals surface area contributed by atoms with E-state index >= 15 is 0 Å². The van der Waals surface area contributed by atoms with Crippen molar-refractivity contribution in [2.45, 2.75) is 19.4 Å². The second kappa shape index (κ2) is 6.07. The number of carbonyl (C=O) groups is 1. The van der Waals surface area contributed by atoms with Gasteiger partial charge in [0.1, 0.15) is 0 Å². The van der Waals surface area contributed by atoms with Gasteiger partial charge in [-0.1, -0.05) is 28.1 Å². The summed E-state index contributed by atoms with van der Waals surface area (Å²) in [6, 6.07) is 8.25. The van der Waals surface area contributed by atoms with E-state index in [1.165, 1.54) is 5.56 Å². The molecule has 0 aliphatic carbocycles. The van der Waals surface area contributed by atoms with Crippen LogP contribution in [-0.4, -0.2) is 42.3 Å². The molecule has 1 aromatic carbocycles. The molecule has 1 N–H and O–H groups in total. The third kappa shape index (κ3) is 3.15. The van der Waals surface area contributed by atoms with Gasteiger partial charge in [0.15, 0.2) is 0 Å². The van der Waals surface area contributed by atoms with Crippen LogP contribution in [-0.2, 0) is 16.1 Å². The number of hydrogen-bond donors (Lipinski definition) is 1. The molecule has 1 atom stereocenters. The molecule has 21 heavy (non-hydrogen) atoms. The summed E-state index contributed by atoms with van der Waals surface area (Å²) in [7, 11) is 0. The highest BCUT2D eigenvalue weighted by atomic mass is 79.9. The largest absolute Gasteiger partial charge is 0.481 e. The van der Waals surface area contributed by atoms with Crippen molar-refractivity contribution in [2.75, 3.05) is 26.3 Å². The average Bonchev–Trinajstić information content (AvgIpc) is 2.80. The van der Waals surface area contributed by atoms with E-state index in [0.717, 1.165) is 30.4 Å². The van der Waals surface area contributed by atoms with E-state index in [1.807, 2.05) is 12.1 Å². The third-order valence-electron chi connectivity index (χ3n) is 4.82. The van der Waals surface area contributed by atoms with Crippen molar-refractivity contribution in [3.05, 3.63) is 34.3 Å². The summed E-state index contributed by atoms with van der Waals surface area (Å²) in [4.78, 5) is 13.9. The Morgan fingerprint density at radius 2 is 2.00 bits per heavy atom. The summed E-state index contributed by atoms with van der Waals surface area (Å²) in [5, 5.41) is 9.58. The van der Waals surface area contributed by atoms with Crippen LogP contribution >= 0.6 is 15.9 Å². The third-order valence-corrected chi connectivity index (χ3v) is 5.35. The highest BCUT2D eigenvalue weighted by Crippen LogP contribution is 2.44. The summed E-state index contributed by atoms with van der Waals surface area (Å²) < 4.78 is 6.50. The predicted molar refractivity (Wildman–Crippen MR) is 83.0 cm³/mol. The van der Waals surface area contributed by atoms with Gasteiger partial charge in [-0.25, -0.2) is 0 Å². The highest BCUT2D eigenvalue weighted by molar-refractivity contribution is 9.10. The van der Waals surface area contributed by atoms with Gasteiger partial charge in [0, 0.05) is 42.7 Å². The molecule has 114 valence electrons. The lowest BCUT2D eigenvalue weighted by Crippen LogP contribution is -2.40. The van der Waals surface area contributed by atoms with Crippen LogP contribution in [0.1, 0.15) is 18.4 Å². The maximum absolute atomic E-state index is 11.6. The Labute approximate surface area is 133 Å². The molecule has 5 heteroatoms. The predicted octanol–water partition coefficient (Wildman–Crippen LogP) is 2.76. The Kier molecular flexibility index (Phi) is 4.33. The van der Waals surface area contributed by atoms with E-state index in [4.69, 9.17) is 4.74 Å². The number of nitrogens with zero attached hydrogens (tertiary/aromatic N) is 1. The monoisotopic (exact) mass is 353 g/mol. The SMILES string of the molecule is O=C(O)[C@@H]1CN(Cc2ccc(Br)cc2)CC12CCOCC2. The topological polar surface area (TPSA) is 49.8 Å². The van der Waals surface area contributed by atoms with Crippen LogP contribution < -0.4 is 0 Å². The molecule has 0 amide bonds. The lowest BCUT2D eigenvalue weighted by atomic mass is 9.72. The van der Waals surface area contributed by atoms with Gasteiger partial charge in [0.2, 0.25) is 0 Å². The first-order valence-electron chi connectivity index (χ1n) is 7.36. The summed E-state index contributed by atoms with van der Waals surface area (Å²) in [6.07, 6.45) is 1.72. The van der Waals surface area contributed by atoms with Gasteiger partial charge in [-0.05, 0) is 30.5 Å². The lowest BCUT2D eigenvalue weighted by molar-refractivity contribution is -0.146. The van der Waals surface area contributed by atoms with Gasteiger partial charge >= 0.3 is 5.97 Å². The minimum absolute atomic E-state index is 0.0978. The fourth-order valence-electron chi connectivity index (χ4n) is 3.66. The molecule has 2 aliphatic rings. The molecule has 0 radical (unpaired) electrons. The Morgan fingerprint density at radius 1 is 1.33 bits per heavy atom. The maximum Gasteiger partial charge on any atom is 0.308 e. The van der Waals surface area contributed by atoms with Crippen LogP contribution in [0.25, 0.3) is 0 Å². The molecule has 0 saturated carbocycles. The van der Waals surface area contributed by atoms with E-state index in [9.17, 15) is 9.90 Å². The molecule has 1 aromatic rings. The Morgan fingerprint density at radius 3 is 2.62 bits per heavy atom. The number of likely N-dealkylation sites (tertiary alicyclic amines) is 1. The number of benzene rings is 1. The molecule has 3 rings (SSSR count). The van der Waals surface area contributed by atoms with Crippen molar-refractivity contribution < 1.29 is 14.6 Å². The zero-order chi connectivity index (χ0) is 14.9. The van der Waals surface area contributed by atoms with Crippen LogP contribution in [0.5, 0.6) is 0 Å². The van der Waals surface area contributed by atoms with Gasteiger partial charge in [-0.3, -0.25) is 9.69 Å². The van der Waals surface area contributed by atoms with Crippen LogP contribution in [0.4, 0.5) is 0 Å². The second-order valence-electron chi connectivity index (χ2n) is 6.16. The molecule has 1 spiro atoms. The van der Waals surface area contributed by atoms with Crippen molar-refractivity contribution in [2.24, 2.45) is 11.3 Å². The van der Waals surface area contributed by atoms with E-state index < -0.39 is 5.97 Å². The summed E-state index contributed by atoms with van der Waals surface area (Å²) >= 11 is 3.44. The Balaban J connectivity index is 1.73. The van der Waals surface area contributed by atoms with Crippen LogP contribution in [0.2, 0.25) is 0 Å². The van der Waals surface area contributed by atoms with Crippen LogP contribution in [0.3, 0.4) is 0 Å². The molecule has 2 aliphatic heterocycles. The number of aliphatic carboxylic acids is 1. The Bertz CT molecular complexity index is 511. The van der Waals surface area contributed by atoms with Crippen molar-refractivity contribution in [1.29, 1.82) is 0 Å². The summed E-state index contributed by atoms with van der Waals surface area (Å²) in [5.41, 5.74) is 1.13. The number of rotatable bonds is 3. The fourth-order valence-corrected chi connectivity index (χ4v) is 3.93. The van der Waals surface area contributed by atoms with E-state index in [-0.39, 0.29) is 11.3 Å². The molecular weight excluding hydrogens is 334 g/mol. The van der Waals surface area contributed by atoms with Crippen molar-refractivity contribution in [1.82, 2.24) is 4.90 Å². The second-order valence-corrected chi connectivity index (χ2v) is 7.08. The van der Waals surface area contributed by atoms with Crippen molar-refractivity contribution >= 4 is 21.9 Å². The number of ether oxygens (including phenoxy) is 1. The first kappa shape index (κ1) is 15.0. The molecular formula is C16H20BrNO3. The van der Waals surface area contributed by atoms with Gasteiger partial charge < -0.3 is 9.84 Å². The Hall–Kier alpha value is -0.910. The number of halogens is 1. The molecule has 0 unspecified atom stereocenters. The van der Waals surface area contributed by atoms with E-state index in [1.54, 1.807) is 0 Å². The zero-order valence-corrected chi connectivity index (χ0v) is 13.5. The van der Waals surface area contributed by atoms with Crippen LogP contribution in [0.15, 0.2) is 28.7 Å².